The lowest BCUT2D eigenvalue weighted by atomic mass is 9.78. The van der Waals surface area contributed by atoms with Gasteiger partial charge in [0.05, 0.1) is 5.60 Å². The van der Waals surface area contributed by atoms with E-state index in [1.165, 1.54) is 6.42 Å². The minimum absolute atomic E-state index is 0.0570. The molecule has 1 saturated carbocycles. The van der Waals surface area contributed by atoms with E-state index >= 15 is 0 Å². The number of rotatable bonds is 5. The van der Waals surface area contributed by atoms with Crippen LogP contribution in [0.25, 0.3) is 0 Å². The summed E-state index contributed by atoms with van der Waals surface area (Å²) >= 11 is 0. The average molecular weight is 284 g/mol. The monoisotopic (exact) mass is 284 g/mol. The van der Waals surface area contributed by atoms with E-state index in [1.54, 1.807) is 0 Å². The number of nitrogens with one attached hydrogen (secondary N) is 1. The average Bonchev–Trinajstić information content (AvgIpc) is 2.36. The molecule has 0 aromatic carbocycles. The molecule has 0 radical (unpaired) electrons. The van der Waals surface area contributed by atoms with E-state index in [9.17, 15) is 9.90 Å². The molecule has 118 valence electrons. The molecule has 0 aromatic heterocycles. The Morgan fingerprint density at radius 3 is 2.40 bits per heavy atom. The summed E-state index contributed by atoms with van der Waals surface area (Å²) in [5.74, 6) is 0.679. The van der Waals surface area contributed by atoms with Crippen LogP contribution < -0.4 is 11.1 Å². The smallest absolute Gasteiger partial charge is 0.221 e. The molecule has 1 fully saturated rings. The molecule has 4 nitrogen and oxygen atoms in total. The zero-order valence-electron chi connectivity index (χ0n) is 13.5. The van der Waals surface area contributed by atoms with Crippen molar-refractivity contribution in [2.24, 2.45) is 17.1 Å². The lowest BCUT2D eigenvalue weighted by Gasteiger charge is -2.36. The van der Waals surface area contributed by atoms with Crippen molar-refractivity contribution in [3.63, 3.8) is 0 Å². The molecule has 1 aliphatic carbocycles. The first kappa shape index (κ1) is 17.4. The number of amides is 1. The molecule has 0 bridgehead atoms. The summed E-state index contributed by atoms with van der Waals surface area (Å²) in [6, 6.07) is -0.159. The van der Waals surface area contributed by atoms with Crippen LogP contribution in [0.4, 0.5) is 0 Å². The molecule has 4 heteroatoms. The van der Waals surface area contributed by atoms with Gasteiger partial charge in [-0.3, -0.25) is 4.79 Å². The maximum atomic E-state index is 11.9. The highest BCUT2D eigenvalue weighted by molar-refractivity contribution is 5.76. The Balaban J connectivity index is 2.34. The van der Waals surface area contributed by atoms with Crippen LogP contribution in [0.1, 0.15) is 66.2 Å². The zero-order chi connectivity index (χ0) is 15.4. The molecule has 0 aromatic rings. The molecular formula is C16H32N2O2. The van der Waals surface area contributed by atoms with Crippen molar-refractivity contribution in [3.8, 4) is 0 Å². The van der Waals surface area contributed by atoms with Gasteiger partial charge in [-0.15, -0.1) is 0 Å². The summed E-state index contributed by atoms with van der Waals surface area (Å²) in [7, 11) is 0. The number of hydrogen-bond acceptors (Lipinski definition) is 3. The van der Waals surface area contributed by atoms with E-state index in [0.29, 0.717) is 13.0 Å². The van der Waals surface area contributed by atoms with E-state index in [-0.39, 0.29) is 17.4 Å². The first-order chi connectivity index (χ1) is 9.16. The number of carbonyl (C=O) groups is 1. The highest BCUT2D eigenvalue weighted by atomic mass is 16.3. The van der Waals surface area contributed by atoms with Crippen LogP contribution >= 0.6 is 0 Å². The first-order valence-electron chi connectivity index (χ1n) is 7.91. The van der Waals surface area contributed by atoms with Gasteiger partial charge in [0.1, 0.15) is 0 Å². The molecular weight excluding hydrogens is 252 g/mol. The molecule has 1 unspecified atom stereocenters. The second-order valence-corrected chi connectivity index (χ2v) is 7.53. The predicted molar refractivity (Wildman–Crippen MR) is 82.3 cm³/mol. The van der Waals surface area contributed by atoms with E-state index < -0.39 is 5.60 Å². The lowest BCUT2D eigenvalue weighted by molar-refractivity contribution is -0.123. The van der Waals surface area contributed by atoms with Crippen LogP contribution in [-0.2, 0) is 4.79 Å². The van der Waals surface area contributed by atoms with Crippen molar-refractivity contribution in [1.82, 2.24) is 5.32 Å². The number of nitrogens with two attached hydrogens (primary N) is 1. The Labute approximate surface area is 123 Å². The Morgan fingerprint density at radius 2 is 1.95 bits per heavy atom. The van der Waals surface area contributed by atoms with E-state index in [4.69, 9.17) is 5.73 Å². The standard InChI is InChI=1S/C16H32N2O2/c1-5-12-6-8-16(20,9-7-12)11-18-14(19)10-13(17)15(2,3)4/h12-13,20H,5-11,17H2,1-4H3,(H,18,19). The molecule has 1 atom stereocenters. The van der Waals surface area contributed by atoms with Gasteiger partial charge >= 0.3 is 0 Å². The third-order valence-electron chi connectivity index (χ3n) is 4.75. The normalized spacial score (nSPS) is 29.0. The number of hydrogen-bond donors (Lipinski definition) is 3. The Bertz CT molecular complexity index is 315. The van der Waals surface area contributed by atoms with Crippen LogP contribution in [0.5, 0.6) is 0 Å². The Kier molecular flexibility index (Phi) is 6.02. The van der Waals surface area contributed by atoms with E-state index in [2.05, 4.69) is 12.2 Å². The maximum absolute atomic E-state index is 11.9. The van der Waals surface area contributed by atoms with Crippen LogP contribution in [0, 0.1) is 11.3 Å². The summed E-state index contributed by atoms with van der Waals surface area (Å²) in [6.07, 6.45) is 5.20. The van der Waals surface area contributed by atoms with Crippen LogP contribution in [0.2, 0.25) is 0 Å². The van der Waals surface area contributed by atoms with Crippen molar-refractivity contribution in [2.75, 3.05) is 6.54 Å². The lowest BCUT2D eigenvalue weighted by Crippen LogP contribution is -2.47. The van der Waals surface area contributed by atoms with Gasteiger partial charge < -0.3 is 16.2 Å². The first-order valence-corrected chi connectivity index (χ1v) is 7.91. The highest BCUT2D eigenvalue weighted by Gasteiger charge is 2.33. The van der Waals surface area contributed by atoms with E-state index in [1.807, 2.05) is 20.8 Å². The fraction of sp³-hybridized carbons (Fsp3) is 0.938. The van der Waals surface area contributed by atoms with Crippen LogP contribution in [-0.4, -0.2) is 29.2 Å². The summed E-state index contributed by atoms with van der Waals surface area (Å²) in [5.41, 5.74) is 5.22. The van der Waals surface area contributed by atoms with Gasteiger partial charge in [-0.25, -0.2) is 0 Å². The SMILES string of the molecule is CCC1CCC(O)(CNC(=O)CC(N)C(C)(C)C)CC1. The minimum Gasteiger partial charge on any atom is -0.388 e. The Morgan fingerprint density at radius 1 is 1.40 bits per heavy atom. The predicted octanol–water partition coefficient (Wildman–Crippen LogP) is 2.20. The molecule has 0 spiro atoms. The van der Waals surface area contributed by atoms with Crippen LogP contribution in [0.3, 0.4) is 0 Å². The summed E-state index contributed by atoms with van der Waals surface area (Å²) < 4.78 is 0. The molecule has 20 heavy (non-hydrogen) atoms. The van der Waals surface area contributed by atoms with Gasteiger partial charge in [0, 0.05) is 19.0 Å². The third kappa shape index (κ3) is 5.41. The van der Waals surface area contributed by atoms with Crippen LogP contribution in [0.15, 0.2) is 0 Å². The summed E-state index contributed by atoms with van der Waals surface area (Å²) in [4.78, 5) is 11.9. The second-order valence-electron chi connectivity index (χ2n) is 7.53. The van der Waals surface area contributed by atoms with Gasteiger partial charge in [-0.05, 0) is 37.0 Å². The fourth-order valence-electron chi connectivity index (χ4n) is 2.64. The minimum atomic E-state index is -0.715. The van der Waals surface area contributed by atoms with Gasteiger partial charge in [-0.1, -0.05) is 34.1 Å². The highest BCUT2D eigenvalue weighted by Crippen LogP contribution is 2.33. The fourth-order valence-corrected chi connectivity index (χ4v) is 2.64. The van der Waals surface area contributed by atoms with E-state index in [0.717, 1.165) is 31.6 Å². The van der Waals surface area contributed by atoms with Crippen molar-refractivity contribution in [1.29, 1.82) is 0 Å². The Hall–Kier alpha value is -0.610. The number of carbonyl (C=O) groups excluding carboxylic acids is 1. The van der Waals surface area contributed by atoms with Gasteiger partial charge in [0.25, 0.3) is 0 Å². The zero-order valence-corrected chi connectivity index (χ0v) is 13.5. The largest absolute Gasteiger partial charge is 0.388 e. The van der Waals surface area contributed by atoms with Gasteiger partial charge in [0.15, 0.2) is 0 Å². The molecule has 0 heterocycles. The van der Waals surface area contributed by atoms with Gasteiger partial charge in [0.2, 0.25) is 5.91 Å². The second kappa shape index (κ2) is 6.90. The maximum Gasteiger partial charge on any atom is 0.221 e. The summed E-state index contributed by atoms with van der Waals surface area (Å²) in [5, 5.41) is 13.3. The molecule has 0 aliphatic heterocycles. The van der Waals surface area contributed by atoms with Crippen molar-refractivity contribution in [2.45, 2.75) is 77.9 Å². The van der Waals surface area contributed by atoms with Gasteiger partial charge in [-0.2, -0.15) is 0 Å². The molecule has 1 amide bonds. The molecule has 0 saturated heterocycles. The molecule has 4 N–H and O–H groups in total. The summed E-state index contributed by atoms with van der Waals surface area (Å²) in [6.45, 7) is 8.66. The number of aliphatic hydroxyl groups is 1. The van der Waals surface area contributed by atoms with Crippen molar-refractivity contribution in [3.05, 3.63) is 0 Å². The van der Waals surface area contributed by atoms with Crippen molar-refractivity contribution >= 4 is 5.91 Å². The molecule has 1 rings (SSSR count). The quantitative estimate of drug-likeness (QED) is 0.724. The molecule has 1 aliphatic rings. The third-order valence-corrected chi connectivity index (χ3v) is 4.75. The van der Waals surface area contributed by atoms with Crippen molar-refractivity contribution < 1.29 is 9.90 Å². The topological polar surface area (TPSA) is 75.3 Å².